The molecule has 1 aromatic carbocycles. The molecule has 7 heteroatoms. The number of rotatable bonds is 2. The molecule has 3 heterocycles. The standard InChI is InChI=1S/C20H26N4O3/c1-13-8-14(2)10-16(9-13)22-19(25)24-11-17(18-21-15(3)23-27-18)20(12-24)4-6-26-7-5-20/h8-10,17H,4-7,11-12H2,1-3H3,(H,22,25)/t17-/m1/s1. The van der Waals surface area contributed by atoms with Crippen LogP contribution in [0.25, 0.3) is 0 Å². The van der Waals surface area contributed by atoms with E-state index in [0.29, 0.717) is 38.0 Å². The minimum Gasteiger partial charge on any atom is -0.381 e. The van der Waals surface area contributed by atoms with Gasteiger partial charge in [-0.05, 0) is 56.9 Å². The normalized spacial score (nSPS) is 21.6. The molecule has 1 aromatic heterocycles. The van der Waals surface area contributed by atoms with Gasteiger partial charge in [0.25, 0.3) is 0 Å². The highest BCUT2D eigenvalue weighted by Crippen LogP contribution is 2.49. The summed E-state index contributed by atoms with van der Waals surface area (Å²) >= 11 is 0. The molecule has 2 amide bonds. The predicted octanol–water partition coefficient (Wildman–Crippen LogP) is 3.42. The first-order valence-corrected chi connectivity index (χ1v) is 9.47. The molecule has 144 valence electrons. The SMILES string of the molecule is Cc1cc(C)cc(NC(=O)N2C[C@H](c3nc(C)no3)C3(CCOCC3)C2)c1. The minimum atomic E-state index is -0.0791. The molecule has 1 spiro atoms. The smallest absolute Gasteiger partial charge is 0.321 e. The van der Waals surface area contributed by atoms with Gasteiger partial charge >= 0.3 is 6.03 Å². The summed E-state index contributed by atoms with van der Waals surface area (Å²) in [4.78, 5) is 19.3. The highest BCUT2D eigenvalue weighted by atomic mass is 16.5. The lowest BCUT2D eigenvalue weighted by Gasteiger charge is -2.36. The number of carbonyl (C=O) groups is 1. The van der Waals surface area contributed by atoms with Crippen molar-refractivity contribution >= 4 is 11.7 Å². The van der Waals surface area contributed by atoms with Crippen LogP contribution in [0.2, 0.25) is 0 Å². The molecule has 0 unspecified atom stereocenters. The largest absolute Gasteiger partial charge is 0.381 e. The van der Waals surface area contributed by atoms with Gasteiger partial charge in [-0.25, -0.2) is 4.79 Å². The zero-order valence-electron chi connectivity index (χ0n) is 16.1. The van der Waals surface area contributed by atoms with Crippen LogP contribution in [-0.2, 0) is 4.74 Å². The van der Waals surface area contributed by atoms with Crippen LogP contribution >= 0.6 is 0 Å². The molecule has 27 heavy (non-hydrogen) atoms. The Morgan fingerprint density at radius 1 is 1.19 bits per heavy atom. The summed E-state index contributed by atoms with van der Waals surface area (Å²) in [6.07, 6.45) is 1.79. The van der Waals surface area contributed by atoms with Gasteiger partial charge in [-0.2, -0.15) is 4.98 Å². The van der Waals surface area contributed by atoms with Gasteiger partial charge < -0.3 is 19.5 Å². The van der Waals surface area contributed by atoms with Gasteiger partial charge in [0.1, 0.15) is 0 Å². The van der Waals surface area contributed by atoms with E-state index >= 15 is 0 Å². The maximum absolute atomic E-state index is 13.0. The van der Waals surface area contributed by atoms with Crippen molar-refractivity contribution < 1.29 is 14.1 Å². The van der Waals surface area contributed by atoms with E-state index in [0.717, 1.165) is 29.7 Å². The summed E-state index contributed by atoms with van der Waals surface area (Å²) in [5.74, 6) is 1.31. The van der Waals surface area contributed by atoms with Gasteiger partial charge in [-0.3, -0.25) is 0 Å². The number of urea groups is 1. The number of aromatic nitrogens is 2. The number of ether oxygens (including phenoxy) is 1. The lowest BCUT2D eigenvalue weighted by atomic mass is 9.72. The van der Waals surface area contributed by atoms with Crippen LogP contribution < -0.4 is 5.32 Å². The van der Waals surface area contributed by atoms with Gasteiger partial charge in [-0.1, -0.05) is 11.2 Å². The van der Waals surface area contributed by atoms with E-state index in [9.17, 15) is 4.79 Å². The van der Waals surface area contributed by atoms with Crippen LogP contribution in [0.1, 0.15) is 41.6 Å². The number of amides is 2. The number of anilines is 1. The molecule has 0 bridgehead atoms. The van der Waals surface area contributed by atoms with Crippen LogP contribution in [0.5, 0.6) is 0 Å². The first-order valence-electron chi connectivity index (χ1n) is 9.47. The fourth-order valence-electron chi connectivity index (χ4n) is 4.45. The number of carbonyl (C=O) groups excluding carboxylic acids is 1. The number of nitrogens with zero attached hydrogens (tertiary/aromatic N) is 3. The molecule has 2 aliphatic heterocycles. The minimum absolute atomic E-state index is 0.0487. The molecule has 2 aromatic rings. The molecule has 0 saturated carbocycles. The van der Waals surface area contributed by atoms with Crippen LogP contribution in [0.15, 0.2) is 22.7 Å². The molecule has 0 radical (unpaired) electrons. The van der Waals surface area contributed by atoms with Crippen molar-refractivity contribution in [2.45, 2.75) is 39.5 Å². The van der Waals surface area contributed by atoms with E-state index in [-0.39, 0.29) is 17.4 Å². The van der Waals surface area contributed by atoms with Gasteiger partial charge in [0.15, 0.2) is 5.82 Å². The van der Waals surface area contributed by atoms with Crippen LogP contribution in [0, 0.1) is 26.2 Å². The van der Waals surface area contributed by atoms with E-state index in [1.54, 1.807) is 0 Å². The maximum atomic E-state index is 13.0. The van der Waals surface area contributed by atoms with Gasteiger partial charge in [0.05, 0.1) is 5.92 Å². The summed E-state index contributed by atoms with van der Waals surface area (Å²) in [5, 5.41) is 7.01. The van der Waals surface area contributed by atoms with E-state index in [4.69, 9.17) is 9.26 Å². The Morgan fingerprint density at radius 2 is 1.89 bits per heavy atom. The van der Waals surface area contributed by atoms with Gasteiger partial charge in [0.2, 0.25) is 5.89 Å². The Kier molecular flexibility index (Phi) is 4.63. The number of aryl methyl sites for hydroxylation is 3. The number of hydrogen-bond acceptors (Lipinski definition) is 5. The van der Waals surface area contributed by atoms with Crippen LogP contribution in [-0.4, -0.2) is 47.4 Å². The van der Waals surface area contributed by atoms with Crippen molar-refractivity contribution in [3.63, 3.8) is 0 Å². The number of likely N-dealkylation sites (tertiary alicyclic amines) is 1. The molecular weight excluding hydrogens is 344 g/mol. The monoisotopic (exact) mass is 370 g/mol. The molecule has 2 saturated heterocycles. The average Bonchev–Trinajstić information content (AvgIpc) is 3.19. The molecular formula is C20H26N4O3. The predicted molar refractivity (Wildman–Crippen MR) is 101 cm³/mol. The molecule has 2 fully saturated rings. The Labute approximate surface area is 159 Å². The fourth-order valence-corrected chi connectivity index (χ4v) is 4.45. The Bertz CT molecular complexity index is 821. The lowest BCUT2D eigenvalue weighted by molar-refractivity contribution is 0.00959. The molecule has 2 aliphatic rings. The molecule has 7 nitrogen and oxygen atoms in total. The van der Waals surface area contributed by atoms with Crippen molar-refractivity contribution in [2.75, 3.05) is 31.6 Å². The number of nitrogens with one attached hydrogen (secondary N) is 1. The molecule has 1 atom stereocenters. The summed E-state index contributed by atoms with van der Waals surface area (Å²) in [5.41, 5.74) is 3.03. The topological polar surface area (TPSA) is 80.5 Å². The van der Waals surface area contributed by atoms with Crippen molar-refractivity contribution in [3.8, 4) is 0 Å². The van der Waals surface area contributed by atoms with Crippen LogP contribution in [0.4, 0.5) is 10.5 Å². The second-order valence-corrected chi connectivity index (χ2v) is 7.89. The van der Waals surface area contributed by atoms with E-state index < -0.39 is 0 Å². The van der Waals surface area contributed by atoms with Crippen LogP contribution in [0.3, 0.4) is 0 Å². The quantitative estimate of drug-likeness (QED) is 0.876. The average molecular weight is 370 g/mol. The van der Waals surface area contributed by atoms with E-state index in [2.05, 4.69) is 21.5 Å². The van der Waals surface area contributed by atoms with Crippen molar-refractivity contribution in [1.29, 1.82) is 0 Å². The van der Waals surface area contributed by atoms with Gasteiger partial charge in [0, 0.05) is 37.4 Å². The Hall–Kier alpha value is -2.41. The third kappa shape index (κ3) is 3.56. The summed E-state index contributed by atoms with van der Waals surface area (Å²) in [6, 6.07) is 5.99. The number of hydrogen-bond donors (Lipinski definition) is 1. The second kappa shape index (κ2) is 6.96. The third-order valence-electron chi connectivity index (χ3n) is 5.74. The molecule has 1 N–H and O–H groups in total. The first-order chi connectivity index (χ1) is 12.9. The first kappa shape index (κ1) is 18.0. The van der Waals surface area contributed by atoms with Crippen molar-refractivity contribution in [3.05, 3.63) is 41.0 Å². The third-order valence-corrected chi connectivity index (χ3v) is 5.74. The highest BCUT2D eigenvalue weighted by Gasteiger charge is 2.51. The maximum Gasteiger partial charge on any atom is 0.321 e. The molecule has 0 aliphatic carbocycles. The zero-order chi connectivity index (χ0) is 19.0. The second-order valence-electron chi connectivity index (χ2n) is 7.89. The van der Waals surface area contributed by atoms with Gasteiger partial charge in [-0.15, -0.1) is 0 Å². The fraction of sp³-hybridized carbons (Fsp3) is 0.550. The van der Waals surface area contributed by atoms with E-state index in [1.807, 2.05) is 37.8 Å². The summed E-state index contributed by atoms with van der Waals surface area (Å²) < 4.78 is 11.1. The summed E-state index contributed by atoms with van der Waals surface area (Å²) in [7, 11) is 0. The Balaban J connectivity index is 1.56. The van der Waals surface area contributed by atoms with E-state index in [1.165, 1.54) is 0 Å². The lowest BCUT2D eigenvalue weighted by Crippen LogP contribution is -2.38. The molecule has 4 rings (SSSR count). The highest BCUT2D eigenvalue weighted by molar-refractivity contribution is 5.89. The number of benzene rings is 1. The van der Waals surface area contributed by atoms with Crippen molar-refractivity contribution in [1.82, 2.24) is 15.0 Å². The van der Waals surface area contributed by atoms with Crippen molar-refractivity contribution in [2.24, 2.45) is 5.41 Å². The Morgan fingerprint density at radius 3 is 2.52 bits per heavy atom. The zero-order valence-corrected chi connectivity index (χ0v) is 16.1. The summed E-state index contributed by atoms with van der Waals surface area (Å²) in [6.45, 7) is 8.56.